The molecule has 8 nitrogen and oxygen atoms in total. The molecule has 3 rings (SSSR count). The van der Waals surface area contributed by atoms with E-state index in [1.54, 1.807) is 50.3 Å². The van der Waals surface area contributed by atoms with Crippen molar-refractivity contribution in [2.24, 2.45) is 0 Å². The van der Waals surface area contributed by atoms with E-state index in [2.05, 4.69) is 0 Å². The van der Waals surface area contributed by atoms with Crippen molar-refractivity contribution >= 4 is 17.8 Å². The number of benzene rings is 2. The highest BCUT2D eigenvalue weighted by atomic mass is 16.6. The predicted molar refractivity (Wildman–Crippen MR) is 112 cm³/mol. The first-order chi connectivity index (χ1) is 14.9. The van der Waals surface area contributed by atoms with E-state index in [0.29, 0.717) is 39.9 Å². The van der Waals surface area contributed by atoms with Crippen molar-refractivity contribution in [3.63, 3.8) is 0 Å². The summed E-state index contributed by atoms with van der Waals surface area (Å²) in [6.07, 6.45) is 1.35. The first kappa shape index (κ1) is 22.0. The smallest absolute Gasteiger partial charge is 0.344 e. The predicted octanol–water partition coefficient (Wildman–Crippen LogP) is 3.66. The number of ketones is 1. The Labute approximate surface area is 180 Å². The van der Waals surface area contributed by atoms with Crippen molar-refractivity contribution in [2.45, 2.75) is 20.0 Å². The van der Waals surface area contributed by atoms with E-state index < -0.39 is 5.97 Å². The molecule has 0 amide bonds. The molecule has 0 saturated carbocycles. The molecule has 0 atom stereocenters. The van der Waals surface area contributed by atoms with Crippen LogP contribution in [0.2, 0.25) is 0 Å². The molecular weight excluding hydrogens is 404 g/mol. The van der Waals surface area contributed by atoms with Gasteiger partial charge >= 0.3 is 5.97 Å². The largest absolute Gasteiger partial charge is 0.493 e. The number of carbonyl (C=O) groups excluding carboxylic acids is 2. The molecule has 1 aliphatic heterocycles. The number of Topliss-reactive ketones (excluding diaryl/α,β-unsaturated/α-hetero) is 1. The van der Waals surface area contributed by atoms with Crippen LogP contribution in [0.3, 0.4) is 0 Å². The average Bonchev–Trinajstić information content (AvgIpc) is 3.05. The number of ether oxygens (including phenoxy) is 6. The van der Waals surface area contributed by atoms with Crippen molar-refractivity contribution in [1.82, 2.24) is 0 Å². The molecule has 0 N–H and O–H groups in total. The lowest BCUT2D eigenvalue weighted by atomic mass is 10.1. The maximum atomic E-state index is 12.8. The van der Waals surface area contributed by atoms with E-state index in [-0.39, 0.29) is 24.3 Å². The van der Waals surface area contributed by atoms with Gasteiger partial charge in [0.05, 0.1) is 33.0 Å². The van der Waals surface area contributed by atoms with Gasteiger partial charge in [0, 0.05) is 11.6 Å². The van der Waals surface area contributed by atoms with Crippen LogP contribution in [0.15, 0.2) is 36.1 Å². The molecule has 1 heterocycles. The van der Waals surface area contributed by atoms with Crippen LogP contribution in [-0.2, 0) is 9.53 Å². The van der Waals surface area contributed by atoms with Crippen molar-refractivity contribution in [3.05, 3.63) is 47.2 Å². The molecule has 1 aliphatic rings. The third kappa shape index (κ3) is 4.74. The highest BCUT2D eigenvalue weighted by Gasteiger charge is 2.29. The van der Waals surface area contributed by atoms with Crippen LogP contribution in [0.1, 0.15) is 29.8 Å². The molecule has 0 aromatic heterocycles. The third-order valence-corrected chi connectivity index (χ3v) is 4.39. The van der Waals surface area contributed by atoms with Gasteiger partial charge in [0.15, 0.2) is 23.9 Å². The van der Waals surface area contributed by atoms with Crippen molar-refractivity contribution < 1.29 is 38.0 Å². The second-order valence-corrected chi connectivity index (χ2v) is 6.85. The molecule has 0 aliphatic carbocycles. The molecule has 0 fully saturated rings. The van der Waals surface area contributed by atoms with Crippen LogP contribution in [0, 0.1) is 0 Å². The van der Waals surface area contributed by atoms with Gasteiger partial charge in [-0.1, -0.05) is 0 Å². The normalized spacial score (nSPS) is 13.6. The summed E-state index contributed by atoms with van der Waals surface area (Å²) in [5.41, 5.74) is 0.979. The zero-order chi connectivity index (χ0) is 22.5. The van der Waals surface area contributed by atoms with Gasteiger partial charge in [-0.3, -0.25) is 4.79 Å². The number of hydrogen-bond donors (Lipinski definition) is 0. The fourth-order valence-electron chi connectivity index (χ4n) is 3.08. The summed E-state index contributed by atoms with van der Waals surface area (Å²) in [4.78, 5) is 24.4. The molecule has 0 spiro atoms. The Bertz CT molecular complexity index is 1020. The summed E-state index contributed by atoms with van der Waals surface area (Å²) in [5, 5.41) is 0. The van der Waals surface area contributed by atoms with Crippen molar-refractivity contribution in [3.8, 4) is 28.7 Å². The van der Waals surface area contributed by atoms with Gasteiger partial charge in [-0.25, -0.2) is 4.79 Å². The van der Waals surface area contributed by atoms with Crippen LogP contribution >= 0.6 is 0 Å². The van der Waals surface area contributed by atoms with Gasteiger partial charge in [0.25, 0.3) is 0 Å². The molecule has 0 bridgehead atoms. The number of allylic oxidation sites excluding steroid dienone is 1. The van der Waals surface area contributed by atoms with Crippen LogP contribution in [0.4, 0.5) is 0 Å². The molecule has 8 heteroatoms. The second kappa shape index (κ2) is 9.42. The van der Waals surface area contributed by atoms with Gasteiger partial charge in [0.1, 0.15) is 11.5 Å². The lowest BCUT2D eigenvalue weighted by Crippen LogP contribution is -2.18. The maximum Gasteiger partial charge on any atom is 0.344 e. The maximum absolute atomic E-state index is 12.8. The molecule has 2 aromatic rings. The third-order valence-electron chi connectivity index (χ3n) is 4.39. The highest BCUT2D eigenvalue weighted by molar-refractivity contribution is 6.14. The van der Waals surface area contributed by atoms with Crippen molar-refractivity contribution in [2.75, 3.05) is 27.9 Å². The van der Waals surface area contributed by atoms with E-state index in [9.17, 15) is 9.59 Å². The standard InChI is InChI=1S/C23H24O8/c1-13(2)30-20(24)12-29-15-7-8-16-18(11-15)31-19(21(16)25)10-14-6-9-17(26-3)23(28-5)22(14)27-4/h6-11,13H,12H2,1-5H3/b19-10-. The van der Waals surface area contributed by atoms with Gasteiger partial charge in [-0.15, -0.1) is 0 Å². The van der Waals surface area contributed by atoms with E-state index in [1.807, 2.05) is 0 Å². The van der Waals surface area contributed by atoms with E-state index in [1.165, 1.54) is 21.3 Å². The number of carbonyl (C=O) groups is 2. The van der Waals surface area contributed by atoms with Gasteiger partial charge < -0.3 is 28.4 Å². The SMILES string of the molecule is COc1ccc(/C=C2\Oc3cc(OCC(=O)OC(C)C)ccc3C2=O)c(OC)c1OC. The Kier molecular flexibility index (Phi) is 6.69. The monoisotopic (exact) mass is 428 g/mol. The average molecular weight is 428 g/mol. The molecule has 2 aromatic carbocycles. The Morgan fingerprint density at radius 3 is 2.42 bits per heavy atom. The number of rotatable bonds is 8. The summed E-state index contributed by atoms with van der Waals surface area (Å²) in [5.74, 6) is 1.41. The van der Waals surface area contributed by atoms with Crippen LogP contribution in [-0.4, -0.2) is 45.8 Å². The summed E-state index contributed by atoms with van der Waals surface area (Å²) < 4.78 is 32.3. The summed E-state index contributed by atoms with van der Waals surface area (Å²) in [6, 6.07) is 8.20. The molecule has 164 valence electrons. The molecule has 31 heavy (non-hydrogen) atoms. The molecule has 0 unspecified atom stereocenters. The van der Waals surface area contributed by atoms with Crippen molar-refractivity contribution in [1.29, 1.82) is 0 Å². The molecule has 0 radical (unpaired) electrons. The fourth-order valence-corrected chi connectivity index (χ4v) is 3.08. The van der Waals surface area contributed by atoms with Crippen LogP contribution in [0.5, 0.6) is 28.7 Å². The zero-order valence-corrected chi connectivity index (χ0v) is 18.0. The summed E-state index contributed by atoms with van der Waals surface area (Å²) in [7, 11) is 4.53. The van der Waals surface area contributed by atoms with Gasteiger partial charge in [-0.05, 0) is 44.2 Å². The number of methoxy groups -OCH3 is 3. The van der Waals surface area contributed by atoms with E-state index in [0.717, 1.165) is 0 Å². The first-order valence-electron chi connectivity index (χ1n) is 9.57. The molecule has 0 saturated heterocycles. The minimum absolute atomic E-state index is 0.122. The first-order valence-corrected chi connectivity index (χ1v) is 9.57. The van der Waals surface area contributed by atoms with Crippen LogP contribution < -0.4 is 23.7 Å². The van der Waals surface area contributed by atoms with E-state index in [4.69, 9.17) is 28.4 Å². The topological polar surface area (TPSA) is 89.5 Å². The Balaban J connectivity index is 1.83. The Hall–Kier alpha value is -3.68. The van der Waals surface area contributed by atoms with E-state index >= 15 is 0 Å². The number of esters is 1. The number of fused-ring (bicyclic) bond motifs is 1. The van der Waals surface area contributed by atoms with Gasteiger partial charge in [-0.2, -0.15) is 0 Å². The second-order valence-electron chi connectivity index (χ2n) is 6.85. The minimum Gasteiger partial charge on any atom is -0.493 e. The minimum atomic E-state index is -0.478. The summed E-state index contributed by atoms with van der Waals surface area (Å²) >= 11 is 0. The number of hydrogen-bond acceptors (Lipinski definition) is 8. The Morgan fingerprint density at radius 2 is 1.77 bits per heavy atom. The Morgan fingerprint density at radius 1 is 1.03 bits per heavy atom. The summed E-state index contributed by atoms with van der Waals surface area (Å²) in [6.45, 7) is 3.28. The lowest BCUT2D eigenvalue weighted by molar-refractivity contribution is -0.149. The lowest BCUT2D eigenvalue weighted by Gasteiger charge is -2.14. The fraction of sp³-hybridized carbons (Fsp3) is 0.304. The van der Waals surface area contributed by atoms with Gasteiger partial charge in [0.2, 0.25) is 11.5 Å². The zero-order valence-electron chi connectivity index (χ0n) is 18.0. The van der Waals surface area contributed by atoms with Crippen LogP contribution in [0.25, 0.3) is 6.08 Å². The molecular formula is C23H24O8. The highest BCUT2D eigenvalue weighted by Crippen LogP contribution is 2.42. The quantitative estimate of drug-likeness (QED) is 0.465.